The highest BCUT2D eigenvalue weighted by Crippen LogP contribution is 2.33. The van der Waals surface area contributed by atoms with Gasteiger partial charge in [0.2, 0.25) is 5.91 Å². The molecule has 0 spiro atoms. The van der Waals surface area contributed by atoms with Gasteiger partial charge in [-0.05, 0) is 30.7 Å². The maximum Gasteiger partial charge on any atom is 0.307 e. The predicted molar refractivity (Wildman–Crippen MR) is 84.6 cm³/mol. The first kappa shape index (κ1) is 15.9. The number of benzene rings is 1. The summed E-state index contributed by atoms with van der Waals surface area (Å²) >= 11 is 1.67. The van der Waals surface area contributed by atoms with Gasteiger partial charge in [0, 0.05) is 4.90 Å². The summed E-state index contributed by atoms with van der Waals surface area (Å²) in [6.07, 6.45) is 3.07. The molecule has 2 N–H and O–H groups in total. The van der Waals surface area contributed by atoms with Gasteiger partial charge in [-0.2, -0.15) is 0 Å². The standard InChI is InChI=1S/C16H21NO3S/c1-2-21-14-10-6-5-9-13(14)17-15(18)11-7-3-4-8-12(11)16(19)20/h5-6,9-12H,2-4,7-8H2,1H3,(H,17,18)(H,19,20)/t11-,12+/m1/s1. The van der Waals surface area contributed by atoms with Crippen LogP contribution in [0, 0.1) is 11.8 Å². The summed E-state index contributed by atoms with van der Waals surface area (Å²) in [6, 6.07) is 7.66. The van der Waals surface area contributed by atoms with E-state index in [4.69, 9.17) is 0 Å². The van der Waals surface area contributed by atoms with Crippen LogP contribution in [0.15, 0.2) is 29.2 Å². The number of carboxylic acid groups (broad SMARTS) is 1. The minimum Gasteiger partial charge on any atom is -0.481 e. The number of rotatable bonds is 5. The molecule has 0 heterocycles. The molecule has 0 bridgehead atoms. The van der Waals surface area contributed by atoms with Crippen LogP contribution >= 0.6 is 11.8 Å². The summed E-state index contributed by atoms with van der Waals surface area (Å²) in [5.41, 5.74) is 0.782. The quantitative estimate of drug-likeness (QED) is 0.815. The maximum atomic E-state index is 12.5. The Hall–Kier alpha value is -1.49. The average Bonchev–Trinajstić information content (AvgIpc) is 2.49. The Morgan fingerprint density at radius 1 is 1.24 bits per heavy atom. The monoisotopic (exact) mass is 307 g/mol. The van der Waals surface area contributed by atoms with Crippen LogP contribution in [0.2, 0.25) is 0 Å². The lowest BCUT2D eigenvalue weighted by molar-refractivity contribution is -0.147. The summed E-state index contributed by atoms with van der Waals surface area (Å²) in [7, 11) is 0. The second kappa shape index (κ2) is 7.50. The molecule has 0 aliphatic heterocycles. The van der Waals surface area contributed by atoms with E-state index in [1.165, 1.54) is 0 Å². The summed E-state index contributed by atoms with van der Waals surface area (Å²) in [5, 5.41) is 12.2. The lowest BCUT2D eigenvalue weighted by Crippen LogP contribution is -2.36. The van der Waals surface area contributed by atoms with Gasteiger partial charge in [0.25, 0.3) is 0 Å². The highest BCUT2D eigenvalue weighted by molar-refractivity contribution is 7.99. The molecule has 5 heteroatoms. The molecule has 2 atom stereocenters. The van der Waals surface area contributed by atoms with E-state index in [9.17, 15) is 14.7 Å². The number of hydrogen-bond donors (Lipinski definition) is 2. The van der Waals surface area contributed by atoms with Crippen LogP contribution < -0.4 is 5.32 Å². The van der Waals surface area contributed by atoms with E-state index in [2.05, 4.69) is 12.2 Å². The summed E-state index contributed by atoms with van der Waals surface area (Å²) in [4.78, 5) is 24.8. The van der Waals surface area contributed by atoms with Crippen LogP contribution in [0.4, 0.5) is 5.69 Å². The Morgan fingerprint density at radius 2 is 1.90 bits per heavy atom. The van der Waals surface area contributed by atoms with Crippen molar-refractivity contribution >= 4 is 29.3 Å². The van der Waals surface area contributed by atoms with Crippen molar-refractivity contribution in [1.82, 2.24) is 0 Å². The first-order valence-electron chi connectivity index (χ1n) is 7.39. The van der Waals surface area contributed by atoms with Crippen molar-refractivity contribution in [2.45, 2.75) is 37.5 Å². The fourth-order valence-corrected chi connectivity index (χ4v) is 3.58. The first-order chi connectivity index (χ1) is 10.1. The van der Waals surface area contributed by atoms with Crippen molar-refractivity contribution in [3.8, 4) is 0 Å². The molecule has 0 saturated heterocycles. The van der Waals surface area contributed by atoms with E-state index in [1.54, 1.807) is 11.8 Å². The highest BCUT2D eigenvalue weighted by atomic mass is 32.2. The zero-order chi connectivity index (χ0) is 15.2. The number of carboxylic acids is 1. The van der Waals surface area contributed by atoms with E-state index < -0.39 is 17.8 Å². The van der Waals surface area contributed by atoms with Crippen molar-refractivity contribution in [1.29, 1.82) is 0 Å². The van der Waals surface area contributed by atoms with E-state index in [0.717, 1.165) is 29.2 Å². The molecule has 114 valence electrons. The molecule has 1 aromatic carbocycles. The Bertz CT molecular complexity index is 518. The Kier molecular flexibility index (Phi) is 5.67. The summed E-state index contributed by atoms with van der Waals surface area (Å²) in [5.74, 6) is -1.06. The Labute approximate surface area is 129 Å². The number of hydrogen-bond acceptors (Lipinski definition) is 3. The number of nitrogens with one attached hydrogen (secondary N) is 1. The minimum atomic E-state index is -0.855. The number of carbonyl (C=O) groups is 2. The van der Waals surface area contributed by atoms with Crippen LogP contribution in [0.3, 0.4) is 0 Å². The van der Waals surface area contributed by atoms with Crippen LogP contribution in [0.5, 0.6) is 0 Å². The van der Waals surface area contributed by atoms with Crippen LogP contribution in [-0.4, -0.2) is 22.7 Å². The smallest absolute Gasteiger partial charge is 0.307 e. The number of thioether (sulfide) groups is 1. The number of amides is 1. The zero-order valence-corrected chi connectivity index (χ0v) is 13.0. The fraction of sp³-hybridized carbons (Fsp3) is 0.500. The van der Waals surface area contributed by atoms with E-state index in [1.807, 2.05) is 24.3 Å². The highest BCUT2D eigenvalue weighted by Gasteiger charge is 2.35. The van der Waals surface area contributed by atoms with Crippen molar-refractivity contribution in [3.63, 3.8) is 0 Å². The molecular weight excluding hydrogens is 286 g/mol. The van der Waals surface area contributed by atoms with Gasteiger partial charge in [-0.3, -0.25) is 9.59 Å². The van der Waals surface area contributed by atoms with Crippen LogP contribution in [-0.2, 0) is 9.59 Å². The van der Waals surface area contributed by atoms with Crippen molar-refractivity contribution in [2.24, 2.45) is 11.8 Å². The van der Waals surface area contributed by atoms with Crippen LogP contribution in [0.25, 0.3) is 0 Å². The number of carbonyl (C=O) groups excluding carboxylic acids is 1. The third kappa shape index (κ3) is 4.00. The van der Waals surface area contributed by atoms with Gasteiger partial charge in [-0.25, -0.2) is 0 Å². The summed E-state index contributed by atoms with van der Waals surface area (Å²) in [6.45, 7) is 2.06. The van der Waals surface area contributed by atoms with Gasteiger partial charge in [0.15, 0.2) is 0 Å². The van der Waals surface area contributed by atoms with Crippen molar-refractivity contribution < 1.29 is 14.7 Å². The summed E-state index contributed by atoms with van der Waals surface area (Å²) < 4.78 is 0. The third-order valence-electron chi connectivity index (χ3n) is 3.86. The van der Waals surface area contributed by atoms with Gasteiger partial charge >= 0.3 is 5.97 Å². The molecule has 4 nitrogen and oxygen atoms in total. The molecule has 1 amide bonds. The molecule has 0 unspecified atom stereocenters. The molecule has 1 aliphatic carbocycles. The molecule has 0 aromatic heterocycles. The van der Waals surface area contributed by atoms with Gasteiger partial charge in [-0.15, -0.1) is 11.8 Å². The number of para-hydroxylation sites is 1. The molecule has 1 aliphatic rings. The first-order valence-corrected chi connectivity index (χ1v) is 8.37. The molecule has 1 saturated carbocycles. The van der Waals surface area contributed by atoms with E-state index in [0.29, 0.717) is 12.8 Å². The van der Waals surface area contributed by atoms with E-state index >= 15 is 0 Å². The average molecular weight is 307 g/mol. The molecule has 1 fully saturated rings. The van der Waals surface area contributed by atoms with Gasteiger partial charge < -0.3 is 10.4 Å². The largest absolute Gasteiger partial charge is 0.481 e. The third-order valence-corrected chi connectivity index (χ3v) is 4.82. The SMILES string of the molecule is CCSc1ccccc1NC(=O)[C@@H]1CCCC[C@@H]1C(=O)O. The lowest BCUT2D eigenvalue weighted by Gasteiger charge is -2.27. The molecule has 21 heavy (non-hydrogen) atoms. The zero-order valence-electron chi connectivity index (χ0n) is 12.2. The van der Waals surface area contributed by atoms with E-state index in [-0.39, 0.29) is 5.91 Å². The van der Waals surface area contributed by atoms with Crippen molar-refractivity contribution in [2.75, 3.05) is 11.1 Å². The lowest BCUT2D eigenvalue weighted by atomic mass is 9.78. The second-order valence-corrected chi connectivity index (χ2v) is 6.56. The van der Waals surface area contributed by atoms with Crippen LogP contribution in [0.1, 0.15) is 32.6 Å². The van der Waals surface area contributed by atoms with Crippen molar-refractivity contribution in [3.05, 3.63) is 24.3 Å². The maximum absolute atomic E-state index is 12.5. The van der Waals surface area contributed by atoms with Gasteiger partial charge in [0.05, 0.1) is 17.5 Å². The molecule has 0 radical (unpaired) electrons. The molecule has 2 rings (SSSR count). The fourth-order valence-electron chi connectivity index (χ4n) is 2.82. The topological polar surface area (TPSA) is 66.4 Å². The Morgan fingerprint density at radius 3 is 2.57 bits per heavy atom. The number of aliphatic carboxylic acids is 1. The Balaban J connectivity index is 2.11. The number of anilines is 1. The normalized spacial score (nSPS) is 21.8. The van der Waals surface area contributed by atoms with Gasteiger partial charge in [0.1, 0.15) is 0 Å². The van der Waals surface area contributed by atoms with Gasteiger partial charge in [-0.1, -0.05) is 31.9 Å². The predicted octanol–water partition coefficient (Wildman–Crippen LogP) is 3.63. The molecule has 1 aromatic rings. The second-order valence-electron chi connectivity index (χ2n) is 5.25. The molecular formula is C16H21NO3S. The minimum absolute atomic E-state index is 0.161.